The van der Waals surface area contributed by atoms with Gasteiger partial charge in [0.15, 0.2) is 0 Å². The van der Waals surface area contributed by atoms with Crippen molar-refractivity contribution < 1.29 is 22.7 Å². The zero-order valence-electron chi connectivity index (χ0n) is 16.7. The fourth-order valence-electron chi connectivity index (χ4n) is 2.90. The van der Waals surface area contributed by atoms with E-state index >= 15 is 0 Å². The number of aromatic nitrogens is 1. The van der Waals surface area contributed by atoms with Crippen LogP contribution in [0.2, 0.25) is 0 Å². The Labute approximate surface area is 174 Å². The van der Waals surface area contributed by atoms with Gasteiger partial charge in [-0.1, -0.05) is 13.8 Å². The largest absolute Gasteiger partial charge is 0.496 e. The summed E-state index contributed by atoms with van der Waals surface area (Å²) in [5.74, 6) is 0.219. The molecule has 0 aliphatic carbocycles. The average molecular weight is 440 g/mol. The molecule has 0 radical (unpaired) electrons. The molecule has 1 aromatic carbocycles. The van der Waals surface area contributed by atoms with E-state index in [-0.39, 0.29) is 30.1 Å². The van der Waals surface area contributed by atoms with Crippen LogP contribution in [0.25, 0.3) is 0 Å². The summed E-state index contributed by atoms with van der Waals surface area (Å²) in [5, 5.41) is 5.71. The van der Waals surface area contributed by atoms with Gasteiger partial charge in [0.2, 0.25) is 10.0 Å². The molecule has 158 valence electrons. The van der Waals surface area contributed by atoms with E-state index in [1.54, 1.807) is 11.3 Å². The van der Waals surface area contributed by atoms with Gasteiger partial charge in [-0.2, -0.15) is 4.31 Å². The van der Waals surface area contributed by atoms with Crippen molar-refractivity contribution in [2.45, 2.75) is 31.2 Å². The normalized spacial score (nSPS) is 15.4. The van der Waals surface area contributed by atoms with Crippen molar-refractivity contribution in [2.75, 3.05) is 33.4 Å². The van der Waals surface area contributed by atoms with E-state index in [4.69, 9.17) is 9.47 Å². The number of carbonyl (C=O) groups is 1. The molecule has 10 heteroatoms. The summed E-state index contributed by atoms with van der Waals surface area (Å²) in [7, 11) is -2.27. The number of carbonyl (C=O) groups excluding carboxylic acids is 1. The SMILES string of the molecule is COc1ccc(S(=O)(=O)N2CCOCC2)cc1C(=O)NCc1csc(C(C)C)n1. The number of sulfonamides is 1. The summed E-state index contributed by atoms with van der Waals surface area (Å²) in [6.07, 6.45) is 0. The van der Waals surface area contributed by atoms with E-state index < -0.39 is 15.9 Å². The number of methoxy groups -OCH3 is 1. The first-order valence-electron chi connectivity index (χ1n) is 9.31. The van der Waals surface area contributed by atoms with Crippen molar-refractivity contribution in [3.05, 3.63) is 39.8 Å². The first-order chi connectivity index (χ1) is 13.8. The Morgan fingerprint density at radius 3 is 2.69 bits per heavy atom. The van der Waals surface area contributed by atoms with Crippen LogP contribution >= 0.6 is 11.3 Å². The van der Waals surface area contributed by atoms with Crippen LogP contribution in [0.3, 0.4) is 0 Å². The van der Waals surface area contributed by atoms with Crippen molar-refractivity contribution >= 4 is 27.3 Å². The van der Waals surface area contributed by atoms with E-state index in [0.717, 1.165) is 10.7 Å². The van der Waals surface area contributed by atoms with Crippen molar-refractivity contribution in [2.24, 2.45) is 0 Å². The molecule has 8 nitrogen and oxygen atoms in total. The van der Waals surface area contributed by atoms with Crippen LogP contribution in [0.1, 0.15) is 40.8 Å². The minimum Gasteiger partial charge on any atom is -0.496 e. The van der Waals surface area contributed by atoms with Crippen LogP contribution in [0.15, 0.2) is 28.5 Å². The Bertz CT molecular complexity index is 966. The number of hydrogen-bond donors (Lipinski definition) is 1. The Morgan fingerprint density at radius 2 is 2.07 bits per heavy atom. The number of thiazole rings is 1. The molecule has 1 aromatic heterocycles. The van der Waals surface area contributed by atoms with Gasteiger partial charge in [0.05, 0.1) is 48.0 Å². The van der Waals surface area contributed by atoms with Gasteiger partial charge < -0.3 is 14.8 Å². The van der Waals surface area contributed by atoms with Crippen molar-refractivity contribution in [1.29, 1.82) is 0 Å². The summed E-state index contributed by atoms with van der Waals surface area (Å²) >= 11 is 1.55. The standard InChI is InChI=1S/C19H25N3O5S2/c1-13(2)19-21-14(12-28-19)11-20-18(23)16-10-15(4-5-17(16)26-3)29(24,25)22-6-8-27-9-7-22/h4-5,10,12-13H,6-9,11H2,1-3H3,(H,20,23). The highest BCUT2D eigenvalue weighted by atomic mass is 32.2. The third-order valence-electron chi connectivity index (χ3n) is 4.52. The van der Waals surface area contributed by atoms with E-state index in [1.807, 2.05) is 5.38 Å². The lowest BCUT2D eigenvalue weighted by Crippen LogP contribution is -2.40. The Morgan fingerprint density at radius 1 is 1.34 bits per heavy atom. The maximum Gasteiger partial charge on any atom is 0.255 e. The smallest absolute Gasteiger partial charge is 0.255 e. The van der Waals surface area contributed by atoms with Gasteiger partial charge in [0.1, 0.15) is 5.75 Å². The van der Waals surface area contributed by atoms with Crippen LogP contribution in [0.5, 0.6) is 5.75 Å². The van der Waals surface area contributed by atoms with Gasteiger partial charge in [0, 0.05) is 24.4 Å². The van der Waals surface area contributed by atoms with Gasteiger partial charge in [-0.15, -0.1) is 11.3 Å². The maximum atomic E-state index is 12.9. The van der Waals surface area contributed by atoms with Gasteiger partial charge in [0.25, 0.3) is 5.91 Å². The summed E-state index contributed by atoms with van der Waals surface area (Å²) in [6.45, 7) is 5.67. The lowest BCUT2D eigenvalue weighted by Gasteiger charge is -2.26. The molecular weight excluding hydrogens is 414 g/mol. The Hall–Kier alpha value is -2.01. The van der Waals surface area contributed by atoms with Crippen LogP contribution in [0, 0.1) is 0 Å². The second kappa shape index (κ2) is 9.21. The number of ether oxygens (including phenoxy) is 2. The first kappa shape index (κ1) is 21.7. The summed E-state index contributed by atoms with van der Waals surface area (Å²) < 4.78 is 37.6. The predicted molar refractivity (Wildman–Crippen MR) is 110 cm³/mol. The van der Waals surface area contributed by atoms with E-state index in [2.05, 4.69) is 24.1 Å². The highest BCUT2D eigenvalue weighted by molar-refractivity contribution is 7.89. The summed E-state index contributed by atoms with van der Waals surface area (Å²) in [4.78, 5) is 17.3. The molecule has 3 rings (SSSR count). The lowest BCUT2D eigenvalue weighted by atomic mass is 10.2. The number of rotatable bonds is 7. The zero-order chi connectivity index (χ0) is 21.0. The van der Waals surface area contributed by atoms with Crippen LogP contribution in [-0.4, -0.2) is 57.0 Å². The van der Waals surface area contributed by atoms with Crippen molar-refractivity contribution in [3.63, 3.8) is 0 Å². The molecule has 1 N–H and O–H groups in total. The monoisotopic (exact) mass is 439 g/mol. The minimum atomic E-state index is -3.71. The lowest BCUT2D eigenvalue weighted by molar-refractivity contribution is 0.0730. The molecule has 0 saturated carbocycles. The van der Waals surface area contributed by atoms with Gasteiger partial charge in [-0.25, -0.2) is 13.4 Å². The number of benzene rings is 1. The maximum absolute atomic E-state index is 12.9. The van der Waals surface area contributed by atoms with Gasteiger partial charge in [-0.3, -0.25) is 4.79 Å². The van der Waals surface area contributed by atoms with Crippen molar-refractivity contribution in [1.82, 2.24) is 14.6 Å². The highest BCUT2D eigenvalue weighted by Gasteiger charge is 2.28. The van der Waals surface area contributed by atoms with E-state index in [1.165, 1.54) is 29.6 Å². The Kier molecular flexibility index (Phi) is 6.89. The summed E-state index contributed by atoms with van der Waals surface area (Å²) in [6, 6.07) is 4.32. The molecule has 1 amide bonds. The van der Waals surface area contributed by atoms with Crippen LogP contribution in [0.4, 0.5) is 0 Å². The van der Waals surface area contributed by atoms with Crippen molar-refractivity contribution in [3.8, 4) is 5.75 Å². The number of amides is 1. The fraction of sp³-hybridized carbons (Fsp3) is 0.474. The average Bonchev–Trinajstić information content (AvgIpc) is 3.21. The number of nitrogens with one attached hydrogen (secondary N) is 1. The van der Waals surface area contributed by atoms with Gasteiger partial charge in [-0.05, 0) is 18.2 Å². The second-order valence-electron chi connectivity index (χ2n) is 6.89. The van der Waals surface area contributed by atoms with Crippen LogP contribution < -0.4 is 10.1 Å². The molecular formula is C19H25N3O5S2. The number of hydrogen-bond acceptors (Lipinski definition) is 7. The topological polar surface area (TPSA) is 97.8 Å². The molecule has 1 aliphatic rings. The molecule has 29 heavy (non-hydrogen) atoms. The van der Waals surface area contributed by atoms with Gasteiger partial charge >= 0.3 is 0 Å². The molecule has 0 bridgehead atoms. The fourth-order valence-corrected chi connectivity index (χ4v) is 5.17. The van der Waals surface area contributed by atoms with Crippen LogP contribution in [-0.2, 0) is 21.3 Å². The van der Waals surface area contributed by atoms with E-state index in [9.17, 15) is 13.2 Å². The highest BCUT2D eigenvalue weighted by Crippen LogP contribution is 2.25. The number of morpholine rings is 1. The molecule has 1 fully saturated rings. The summed E-state index contributed by atoms with van der Waals surface area (Å²) in [5.41, 5.74) is 0.934. The molecule has 2 aromatic rings. The first-order valence-corrected chi connectivity index (χ1v) is 11.6. The Balaban J connectivity index is 1.79. The molecule has 0 unspecified atom stereocenters. The zero-order valence-corrected chi connectivity index (χ0v) is 18.3. The molecule has 0 atom stereocenters. The quantitative estimate of drug-likeness (QED) is 0.710. The molecule has 2 heterocycles. The molecule has 0 spiro atoms. The third kappa shape index (κ3) is 4.95. The van der Waals surface area contributed by atoms with E-state index in [0.29, 0.717) is 24.9 Å². The second-order valence-corrected chi connectivity index (χ2v) is 9.72. The molecule has 1 saturated heterocycles. The third-order valence-corrected chi connectivity index (χ3v) is 7.61. The predicted octanol–water partition coefficient (Wildman–Crippen LogP) is 2.23. The minimum absolute atomic E-state index is 0.0566. The number of nitrogens with zero attached hydrogens (tertiary/aromatic N) is 2. The molecule has 1 aliphatic heterocycles.